The highest BCUT2D eigenvalue weighted by Crippen LogP contribution is 2.25. The fourth-order valence-corrected chi connectivity index (χ4v) is 2.32. The summed E-state index contributed by atoms with van der Waals surface area (Å²) in [7, 11) is 0. The lowest BCUT2D eigenvalue weighted by molar-refractivity contribution is -0.384. The predicted molar refractivity (Wildman–Crippen MR) is 84.4 cm³/mol. The number of hydrogen-bond acceptors (Lipinski definition) is 3. The fraction of sp³-hybridized carbons (Fsp3) is 0.143. The van der Waals surface area contributed by atoms with Crippen LogP contribution >= 0.6 is 27.5 Å². The van der Waals surface area contributed by atoms with E-state index >= 15 is 0 Å². The van der Waals surface area contributed by atoms with Gasteiger partial charge in [0.05, 0.1) is 4.92 Å². The molecule has 2 aromatic carbocycles. The van der Waals surface area contributed by atoms with Crippen LogP contribution in [0, 0.1) is 10.1 Å². The average molecular weight is 356 g/mol. The maximum absolute atomic E-state index is 10.6. The zero-order valence-electron chi connectivity index (χ0n) is 10.5. The van der Waals surface area contributed by atoms with Gasteiger partial charge in [-0.3, -0.25) is 10.1 Å². The molecule has 0 heterocycles. The minimum absolute atomic E-state index is 0.110. The van der Waals surface area contributed by atoms with Crippen LogP contribution in [0.15, 0.2) is 46.9 Å². The summed E-state index contributed by atoms with van der Waals surface area (Å²) in [6.45, 7) is 0.719. The molecule has 2 rings (SSSR count). The van der Waals surface area contributed by atoms with Crippen molar-refractivity contribution < 1.29 is 4.92 Å². The Balaban J connectivity index is 1.92. The van der Waals surface area contributed by atoms with Crippen LogP contribution in [0.2, 0.25) is 5.02 Å². The molecule has 0 bridgehead atoms. The minimum Gasteiger partial charge on any atom is -0.384 e. The number of nitro benzene ring substituents is 1. The Bertz CT molecular complexity index is 617. The van der Waals surface area contributed by atoms with Crippen molar-refractivity contribution in [3.8, 4) is 0 Å². The van der Waals surface area contributed by atoms with Gasteiger partial charge in [0.15, 0.2) is 0 Å². The number of anilines is 1. The third kappa shape index (κ3) is 3.95. The van der Waals surface area contributed by atoms with Crippen LogP contribution in [0.3, 0.4) is 0 Å². The van der Waals surface area contributed by atoms with Crippen LogP contribution in [0.25, 0.3) is 0 Å². The van der Waals surface area contributed by atoms with Crippen molar-refractivity contribution in [3.05, 3.63) is 67.6 Å². The molecule has 0 saturated carbocycles. The largest absolute Gasteiger partial charge is 0.384 e. The molecule has 0 aliphatic rings. The number of benzene rings is 2. The second kappa shape index (κ2) is 6.72. The Hall–Kier alpha value is -1.59. The van der Waals surface area contributed by atoms with Gasteiger partial charge in [-0.25, -0.2) is 0 Å². The first-order chi connectivity index (χ1) is 9.56. The second-order valence-electron chi connectivity index (χ2n) is 4.22. The molecule has 104 valence electrons. The van der Waals surface area contributed by atoms with Gasteiger partial charge in [0, 0.05) is 33.9 Å². The Morgan fingerprint density at radius 2 is 1.90 bits per heavy atom. The van der Waals surface area contributed by atoms with E-state index < -0.39 is 4.92 Å². The molecule has 0 atom stereocenters. The normalized spacial score (nSPS) is 10.3. The standard InChI is InChI=1S/C14H12BrClN2O2/c15-13-6-3-11(16)9-14(13)17-8-7-10-1-4-12(5-2-10)18(19)20/h1-6,9,17H,7-8H2. The minimum atomic E-state index is -0.398. The predicted octanol–water partition coefficient (Wildman–Crippen LogP) is 4.67. The Morgan fingerprint density at radius 3 is 2.55 bits per heavy atom. The Morgan fingerprint density at radius 1 is 1.20 bits per heavy atom. The van der Waals surface area contributed by atoms with E-state index in [0.717, 1.165) is 28.7 Å². The molecule has 20 heavy (non-hydrogen) atoms. The first-order valence-electron chi connectivity index (χ1n) is 5.98. The lowest BCUT2D eigenvalue weighted by atomic mass is 10.1. The van der Waals surface area contributed by atoms with E-state index in [1.165, 1.54) is 12.1 Å². The molecule has 2 aromatic rings. The van der Waals surface area contributed by atoms with E-state index in [1.54, 1.807) is 12.1 Å². The maximum Gasteiger partial charge on any atom is 0.269 e. The summed E-state index contributed by atoms with van der Waals surface area (Å²) in [4.78, 5) is 10.2. The summed E-state index contributed by atoms with van der Waals surface area (Å²) < 4.78 is 0.950. The molecule has 0 saturated heterocycles. The number of halogens is 2. The zero-order valence-corrected chi connectivity index (χ0v) is 12.8. The second-order valence-corrected chi connectivity index (χ2v) is 5.52. The van der Waals surface area contributed by atoms with Crippen molar-refractivity contribution in [2.45, 2.75) is 6.42 Å². The third-order valence-corrected chi connectivity index (χ3v) is 3.73. The van der Waals surface area contributed by atoms with E-state index in [-0.39, 0.29) is 5.69 Å². The first-order valence-corrected chi connectivity index (χ1v) is 7.15. The SMILES string of the molecule is O=[N+]([O-])c1ccc(CCNc2cc(Cl)ccc2Br)cc1. The van der Waals surface area contributed by atoms with Crippen LogP contribution < -0.4 is 5.32 Å². The number of non-ortho nitro benzene ring substituents is 1. The fourth-order valence-electron chi connectivity index (χ4n) is 1.76. The molecule has 0 unspecified atom stereocenters. The van der Waals surface area contributed by atoms with Gasteiger partial charge in [-0.15, -0.1) is 0 Å². The molecular formula is C14H12BrClN2O2. The van der Waals surface area contributed by atoms with E-state index in [2.05, 4.69) is 21.2 Å². The third-order valence-electron chi connectivity index (χ3n) is 2.80. The van der Waals surface area contributed by atoms with Gasteiger partial charge in [0.2, 0.25) is 0 Å². The maximum atomic E-state index is 10.6. The van der Waals surface area contributed by atoms with Crippen LogP contribution in [-0.4, -0.2) is 11.5 Å². The summed E-state index contributed by atoms with van der Waals surface area (Å²) in [5, 5.41) is 14.5. The monoisotopic (exact) mass is 354 g/mol. The van der Waals surface area contributed by atoms with Crippen molar-refractivity contribution in [3.63, 3.8) is 0 Å². The molecule has 0 radical (unpaired) electrons. The lowest BCUT2D eigenvalue weighted by Crippen LogP contribution is -2.05. The molecule has 1 N–H and O–H groups in total. The molecule has 0 fully saturated rings. The van der Waals surface area contributed by atoms with Crippen molar-refractivity contribution in [1.82, 2.24) is 0 Å². The molecule has 4 nitrogen and oxygen atoms in total. The van der Waals surface area contributed by atoms with Crippen LogP contribution in [0.5, 0.6) is 0 Å². The highest BCUT2D eigenvalue weighted by atomic mass is 79.9. The van der Waals surface area contributed by atoms with Crippen LogP contribution in [-0.2, 0) is 6.42 Å². The van der Waals surface area contributed by atoms with Gasteiger partial charge in [0.25, 0.3) is 5.69 Å². The zero-order chi connectivity index (χ0) is 14.5. The number of nitrogens with one attached hydrogen (secondary N) is 1. The van der Waals surface area contributed by atoms with E-state index in [0.29, 0.717) is 5.02 Å². The van der Waals surface area contributed by atoms with E-state index in [1.807, 2.05) is 18.2 Å². The summed E-state index contributed by atoms with van der Waals surface area (Å²) in [5.41, 5.74) is 2.08. The van der Waals surface area contributed by atoms with Gasteiger partial charge in [-0.05, 0) is 46.1 Å². The highest BCUT2D eigenvalue weighted by molar-refractivity contribution is 9.10. The highest BCUT2D eigenvalue weighted by Gasteiger charge is 2.04. The van der Waals surface area contributed by atoms with Crippen molar-refractivity contribution in [2.75, 3.05) is 11.9 Å². The summed E-state index contributed by atoms with van der Waals surface area (Å²) in [6, 6.07) is 12.1. The molecule has 0 spiro atoms. The van der Waals surface area contributed by atoms with Gasteiger partial charge < -0.3 is 5.32 Å². The van der Waals surface area contributed by atoms with Crippen molar-refractivity contribution in [2.24, 2.45) is 0 Å². The van der Waals surface area contributed by atoms with Crippen molar-refractivity contribution >= 4 is 38.9 Å². The van der Waals surface area contributed by atoms with Crippen molar-refractivity contribution in [1.29, 1.82) is 0 Å². The smallest absolute Gasteiger partial charge is 0.269 e. The quantitative estimate of drug-likeness (QED) is 0.626. The van der Waals surface area contributed by atoms with Crippen LogP contribution in [0.1, 0.15) is 5.56 Å². The van der Waals surface area contributed by atoms with Gasteiger partial charge in [0.1, 0.15) is 0 Å². The van der Waals surface area contributed by atoms with Crippen LogP contribution in [0.4, 0.5) is 11.4 Å². The summed E-state index contributed by atoms with van der Waals surface area (Å²) in [6.07, 6.45) is 0.775. The molecule has 0 aliphatic heterocycles. The molecular weight excluding hydrogens is 344 g/mol. The number of nitrogens with zero attached hydrogens (tertiary/aromatic N) is 1. The molecule has 6 heteroatoms. The molecule has 0 amide bonds. The molecule has 0 aliphatic carbocycles. The van der Waals surface area contributed by atoms with E-state index in [4.69, 9.17) is 11.6 Å². The summed E-state index contributed by atoms with van der Waals surface area (Å²) in [5.74, 6) is 0. The number of rotatable bonds is 5. The first kappa shape index (κ1) is 14.8. The van der Waals surface area contributed by atoms with Gasteiger partial charge in [-0.1, -0.05) is 23.7 Å². The number of hydrogen-bond donors (Lipinski definition) is 1. The Kier molecular flexibility index (Phi) is 4.98. The van der Waals surface area contributed by atoms with Gasteiger partial charge >= 0.3 is 0 Å². The number of nitro groups is 1. The topological polar surface area (TPSA) is 55.2 Å². The van der Waals surface area contributed by atoms with E-state index in [9.17, 15) is 10.1 Å². The lowest BCUT2D eigenvalue weighted by Gasteiger charge is -2.09. The molecule has 0 aromatic heterocycles. The van der Waals surface area contributed by atoms with Gasteiger partial charge in [-0.2, -0.15) is 0 Å². The average Bonchev–Trinajstić information content (AvgIpc) is 2.43. The Labute approximate surface area is 130 Å². The summed E-state index contributed by atoms with van der Waals surface area (Å²) >= 11 is 9.38.